The third-order valence-corrected chi connectivity index (χ3v) is 1.49. The van der Waals surface area contributed by atoms with E-state index >= 15 is 0 Å². The van der Waals surface area contributed by atoms with Gasteiger partial charge in [-0.3, -0.25) is 9.19 Å². The molecule has 1 radical (unpaired) electrons. The summed E-state index contributed by atoms with van der Waals surface area (Å²) in [4.78, 5) is 0. The van der Waals surface area contributed by atoms with Gasteiger partial charge in [0.1, 0.15) is 0 Å². The van der Waals surface area contributed by atoms with Gasteiger partial charge in [0.25, 0.3) is 0 Å². The maximum Gasteiger partial charge on any atom is 0.436 e. The third kappa shape index (κ3) is 1.39. The molecule has 2 rings (SSSR count). The lowest BCUT2D eigenvalue weighted by molar-refractivity contribution is 0.884. The van der Waals surface area contributed by atoms with E-state index < -0.39 is 0 Å². The summed E-state index contributed by atoms with van der Waals surface area (Å²) in [5.41, 5.74) is 1.14. The molecule has 2 aromatic rings. The smallest absolute Gasteiger partial charge is 0.293 e. The van der Waals surface area contributed by atoms with Crippen LogP contribution in [0.1, 0.15) is 5.56 Å². The van der Waals surface area contributed by atoms with Crippen molar-refractivity contribution in [1.29, 1.82) is 0 Å². The van der Waals surface area contributed by atoms with E-state index in [4.69, 9.17) is 0 Å². The van der Waals surface area contributed by atoms with Gasteiger partial charge in [0.15, 0.2) is 0 Å². The summed E-state index contributed by atoms with van der Waals surface area (Å²) in [6.45, 7) is 2.00. The van der Waals surface area contributed by atoms with E-state index in [-0.39, 0.29) is 0 Å². The average Bonchev–Trinajstić information content (AvgIpc) is 2.63. The van der Waals surface area contributed by atoms with Gasteiger partial charge in [-0.05, 0) is 18.6 Å². The second kappa shape index (κ2) is 2.85. The van der Waals surface area contributed by atoms with Crippen molar-refractivity contribution in [2.24, 2.45) is 0 Å². The Morgan fingerprint density at radius 3 is 2.83 bits per heavy atom. The van der Waals surface area contributed by atoms with Gasteiger partial charge in [0, 0.05) is 18.6 Å². The van der Waals surface area contributed by atoms with Gasteiger partial charge < -0.3 is 0 Å². The highest BCUT2D eigenvalue weighted by atomic mass is 15.3. The Morgan fingerprint density at radius 2 is 2.25 bits per heavy atom. The molecule has 0 aliphatic rings. The minimum Gasteiger partial charge on any atom is -0.293 e. The van der Waals surface area contributed by atoms with E-state index in [1.807, 2.05) is 25.4 Å². The molecule has 0 N–H and O–H groups in total. The second-order valence-electron chi connectivity index (χ2n) is 2.60. The van der Waals surface area contributed by atoms with Gasteiger partial charge in [-0.2, -0.15) is 10.2 Å². The van der Waals surface area contributed by atoms with Crippen molar-refractivity contribution in [3.05, 3.63) is 36.4 Å². The molecule has 0 spiro atoms. The van der Waals surface area contributed by atoms with E-state index in [0.717, 1.165) is 5.56 Å². The Hall–Kier alpha value is -1.52. The number of hydrogen-bond acceptors (Lipinski definition) is 2. The molecular formula is C7H8BN4. The number of aromatic nitrogens is 4. The molecule has 59 valence electrons. The molecule has 0 amide bonds. The van der Waals surface area contributed by atoms with Crippen LogP contribution in [0.5, 0.6) is 0 Å². The Balaban J connectivity index is 2.14. The van der Waals surface area contributed by atoms with Crippen LogP contribution in [0.4, 0.5) is 0 Å². The molecule has 0 saturated carbocycles. The van der Waals surface area contributed by atoms with E-state index in [0.29, 0.717) is 0 Å². The Morgan fingerprint density at radius 1 is 1.33 bits per heavy atom. The summed E-state index contributed by atoms with van der Waals surface area (Å²) in [7, 11) is 1.80. The van der Waals surface area contributed by atoms with Crippen molar-refractivity contribution in [3.8, 4) is 0 Å². The first-order valence-electron chi connectivity index (χ1n) is 3.69. The van der Waals surface area contributed by atoms with Crippen LogP contribution >= 0.6 is 0 Å². The monoisotopic (exact) mass is 159 g/mol. The predicted octanol–water partition coefficient (Wildman–Crippen LogP) is 0.319. The van der Waals surface area contributed by atoms with Gasteiger partial charge in [0.05, 0.1) is 6.20 Å². The average molecular weight is 159 g/mol. The molecule has 0 aliphatic heterocycles. The van der Waals surface area contributed by atoms with E-state index in [1.165, 1.54) is 0 Å². The fraction of sp³-hybridized carbons (Fsp3) is 0.143. The van der Waals surface area contributed by atoms with Crippen molar-refractivity contribution >= 4 is 7.55 Å². The van der Waals surface area contributed by atoms with E-state index in [1.54, 1.807) is 29.1 Å². The van der Waals surface area contributed by atoms with Gasteiger partial charge in [-0.25, -0.2) is 0 Å². The molecule has 2 heterocycles. The molecule has 4 nitrogen and oxygen atoms in total. The van der Waals surface area contributed by atoms with Crippen LogP contribution in [0, 0.1) is 6.92 Å². The van der Waals surface area contributed by atoms with Crippen LogP contribution in [0.3, 0.4) is 0 Å². The highest BCUT2D eigenvalue weighted by molar-refractivity contribution is 6.30. The minimum atomic E-state index is 1.14. The molecule has 5 heteroatoms. The summed E-state index contributed by atoms with van der Waals surface area (Å²) in [6, 6.07) is 1.87. The zero-order valence-corrected chi connectivity index (χ0v) is 6.75. The number of nitrogens with zero attached hydrogens (tertiary/aromatic N) is 4. The van der Waals surface area contributed by atoms with Gasteiger partial charge in [0.2, 0.25) is 0 Å². The van der Waals surface area contributed by atoms with Crippen LogP contribution < -0.4 is 0 Å². The van der Waals surface area contributed by atoms with Crippen molar-refractivity contribution < 1.29 is 0 Å². The largest absolute Gasteiger partial charge is 0.436 e. The zero-order chi connectivity index (χ0) is 8.39. The Kier molecular flexibility index (Phi) is 1.70. The number of rotatable bonds is 2. The van der Waals surface area contributed by atoms with Gasteiger partial charge in [-0.1, -0.05) is 0 Å². The van der Waals surface area contributed by atoms with Crippen LogP contribution in [0.25, 0.3) is 0 Å². The lowest BCUT2D eigenvalue weighted by atomic mass is 10.2. The minimum absolute atomic E-state index is 1.14. The quantitative estimate of drug-likeness (QED) is 0.591. The Labute approximate surface area is 71.1 Å². The second-order valence-corrected chi connectivity index (χ2v) is 2.60. The third-order valence-electron chi connectivity index (χ3n) is 1.49. The Bertz CT molecular complexity index is 351. The molecule has 0 aromatic carbocycles. The molecule has 0 aliphatic carbocycles. The highest BCUT2D eigenvalue weighted by Crippen LogP contribution is 1.91. The van der Waals surface area contributed by atoms with Crippen molar-refractivity contribution in [2.75, 3.05) is 0 Å². The fourth-order valence-electron chi connectivity index (χ4n) is 0.966. The molecule has 0 atom stereocenters. The SMILES string of the molecule is Cc1cnn([B]n2cccn2)c1. The lowest BCUT2D eigenvalue weighted by Gasteiger charge is -1.96. The molecule has 0 saturated heterocycles. The van der Waals surface area contributed by atoms with Crippen molar-refractivity contribution in [1.82, 2.24) is 19.4 Å². The fourth-order valence-corrected chi connectivity index (χ4v) is 0.966. The van der Waals surface area contributed by atoms with Crippen LogP contribution in [-0.2, 0) is 0 Å². The summed E-state index contributed by atoms with van der Waals surface area (Å²) >= 11 is 0. The molecule has 0 bridgehead atoms. The van der Waals surface area contributed by atoms with Crippen molar-refractivity contribution in [2.45, 2.75) is 6.92 Å². The topological polar surface area (TPSA) is 35.6 Å². The highest BCUT2D eigenvalue weighted by Gasteiger charge is 1.98. The summed E-state index contributed by atoms with van der Waals surface area (Å²) < 4.78 is 3.43. The first-order chi connectivity index (χ1) is 5.84. The van der Waals surface area contributed by atoms with Crippen LogP contribution in [-0.4, -0.2) is 26.9 Å². The van der Waals surface area contributed by atoms with Gasteiger partial charge in [-0.15, -0.1) is 0 Å². The summed E-state index contributed by atoms with van der Waals surface area (Å²) in [5.74, 6) is 0. The molecule has 0 unspecified atom stereocenters. The van der Waals surface area contributed by atoms with Crippen LogP contribution in [0.2, 0.25) is 0 Å². The van der Waals surface area contributed by atoms with Crippen LogP contribution in [0.15, 0.2) is 30.9 Å². The van der Waals surface area contributed by atoms with E-state index in [9.17, 15) is 0 Å². The maximum atomic E-state index is 4.09. The number of aryl methyl sites for hydroxylation is 1. The molecule has 2 aromatic heterocycles. The van der Waals surface area contributed by atoms with Gasteiger partial charge >= 0.3 is 7.55 Å². The summed E-state index contributed by atoms with van der Waals surface area (Å²) in [5, 5.41) is 8.11. The van der Waals surface area contributed by atoms with E-state index in [2.05, 4.69) is 10.2 Å². The predicted molar refractivity (Wildman–Crippen MR) is 45.7 cm³/mol. The molecule has 12 heavy (non-hydrogen) atoms. The standard InChI is InChI=1S/C7H8BN4/c1-7-5-10-12(6-7)8-11-4-2-3-9-11/h2-6H,1H3. The normalized spacial score (nSPS) is 10.1. The molecular weight excluding hydrogens is 151 g/mol. The first kappa shape index (κ1) is 7.15. The molecule has 0 fully saturated rings. The lowest BCUT2D eigenvalue weighted by Crippen LogP contribution is -2.17. The first-order valence-corrected chi connectivity index (χ1v) is 3.69. The van der Waals surface area contributed by atoms with Crippen molar-refractivity contribution in [3.63, 3.8) is 0 Å². The number of hydrogen-bond donors (Lipinski definition) is 0. The maximum absolute atomic E-state index is 4.09. The summed E-state index contributed by atoms with van der Waals surface area (Å²) in [6.07, 6.45) is 7.32. The zero-order valence-electron chi connectivity index (χ0n) is 6.75.